The van der Waals surface area contributed by atoms with Gasteiger partial charge in [-0.05, 0) is 57.9 Å². The molecule has 0 aliphatic carbocycles. The van der Waals surface area contributed by atoms with Gasteiger partial charge in [-0.25, -0.2) is 9.97 Å². The molecule has 3 heterocycles. The molecule has 1 aromatic carbocycles. The lowest BCUT2D eigenvalue weighted by Crippen LogP contribution is -2.04. The lowest BCUT2D eigenvalue weighted by molar-refractivity contribution is -0.386. The minimum atomic E-state index is -0.282. The number of hydrogen-bond donors (Lipinski definition) is 1. The molecule has 0 atom stereocenters. The van der Waals surface area contributed by atoms with E-state index in [9.17, 15) is 10.1 Å². The molecule has 0 bridgehead atoms. The first kappa shape index (κ1) is 20.0. The number of nitro groups is 1. The van der Waals surface area contributed by atoms with E-state index in [-0.39, 0.29) is 10.6 Å². The maximum Gasteiger partial charge on any atom is 0.276 e. The van der Waals surface area contributed by atoms with E-state index in [1.54, 1.807) is 17.5 Å². The average Bonchev–Trinajstić information content (AvgIpc) is 3.26. The molecule has 0 spiro atoms. The number of pyridine rings is 1. The molecular weight excluding hydrogens is 398 g/mol. The average molecular weight is 422 g/mol. The maximum atomic E-state index is 11.9. The van der Waals surface area contributed by atoms with Crippen LogP contribution in [0.2, 0.25) is 0 Å². The summed E-state index contributed by atoms with van der Waals surface area (Å²) in [7, 11) is 1.83. The van der Waals surface area contributed by atoms with Gasteiger partial charge in [-0.1, -0.05) is 0 Å². The minimum absolute atomic E-state index is 0.165. The van der Waals surface area contributed by atoms with Crippen molar-refractivity contribution < 1.29 is 4.92 Å². The lowest BCUT2D eigenvalue weighted by Gasteiger charge is -2.16. The number of anilines is 1. The zero-order valence-corrected chi connectivity index (χ0v) is 18.6. The van der Waals surface area contributed by atoms with Crippen LogP contribution in [-0.4, -0.2) is 26.3 Å². The van der Waals surface area contributed by atoms with Crippen molar-refractivity contribution in [2.75, 3.05) is 12.4 Å². The normalized spacial score (nSPS) is 11.3. The van der Waals surface area contributed by atoms with Gasteiger partial charge in [0.15, 0.2) is 4.96 Å². The molecule has 0 saturated carbocycles. The third-order valence-corrected chi connectivity index (χ3v) is 6.77. The summed E-state index contributed by atoms with van der Waals surface area (Å²) >= 11 is 1.56. The van der Waals surface area contributed by atoms with Crippen molar-refractivity contribution in [2.45, 2.75) is 34.6 Å². The van der Waals surface area contributed by atoms with Crippen molar-refractivity contribution in [3.05, 3.63) is 61.8 Å². The molecule has 0 radical (unpaired) electrons. The van der Waals surface area contributed by atoms with Crippen molar-refractivity contribution in [1.29, 1.82) is 0 Å². The van der Waals surface area contributed by atoms with Gasteiger partial charge in [-0.3, -0.25) is 14.5 Å². The quantitative estimate of drug-likeness (QED) is 0.342. The van der Waals surface area contributed by atoms with Gasteiger partial charge in [-0.15, -0.1) is 11.3 Å². The van der Waals surface area contributed by atoms with Crippen molar-refractivity contribution in [1.82, 2.24) is 14.4 Å². The van der Waals surface area contributed by atoms with Crippen LogP contribution >= 0.6 is 11.3 Å². The summed E-state index contributed by atoms with van der Waals surface area (Å²) in [5.74, 6) is 0.751. The number of nitrogens with zero attached hydrogens (tertiary/aromatic N) is 4. The molecule has 0 fully saturated rings. The summed E-state index contributed by atoms with van der Waals surface area (Å²) in [5.41, 5.74) is 8.00. The van der Waals surface area contributed by atoms with Crippen LogP contribution in [0.5, 0.6) is 0 Å². The number of rotatable bonds is 4. The van der Waals surface area contributed by atoms with Crippen LogP contribution in [0.15, 0.2) is 23.7 Å². The van der Waals surface area contributed by atoms with Gasteiger partial charge in [0.05, 0.1) is 16.3 Å². The van der Waals surface area contributed by atoms with Crippen molar-refractivity contribution >= 4 is 27.8 Å². The zero-order chi connectivity index (χ0) is 21.7. The number of fused-ring (bicyclic) bond motifs is 1. The Labute approximate surface area is 178 Å². The second-order valence-electron chi connectivity index (χ2n) is 7.46. The Balaban J connectivity index is 2.15. The molecule has 1 N–H and O–H groups in total. The van der Waals surface area contributed by atoms with Gasteiger partial charge in [0.2, 0.25) is 0 Å². The fourth-order valence-corrected chi connectivity index (χ4v) is 4.97. The molecule has 7 nitrogen and oxygen atoms in total. The third-order valence-electron chi connectivity index (χ3n) is 5.83. The highest BCUT2D eigenvalue weighted by Crippen LogP contribution is 2.43. The number of aryl methyl sites for hydroxylation is 1. The highest BCUT2D eigenvalue weighted by molar-refractivity contribution is 7.15. The Morgan fingerprint density at radius 2 is 1.83 bits per heavy atom. The smallest absolute Gasteiger partial charge is 0.276 e. The monoisotopic (exact) mass is 421 g/mol. The SMILES string of the molecule is CNc1cc(-c2c(-c3c(C)c(C)c(C)c([N+](=O)[O-])c3C)nc3scc(C)n23)ccn1. The van der Waals surface area contributed by atoms with Crippen LogP contribution in [0.3, 0.4) is 0 Å². The molecule has 0 aliphatic rings. The molecule has 3 aromatic heterocycles. The third kappa shape index (κ3) is 2.87. The van der Waals surface area contributed by atoms with Crippen molar-refractivity contribution in [3.63, 3.8) is 0 Å². The number of aromatic nitrogens is 3. The van der Waals surface area contributed by atoms with Crippen molar-refractivity contribution in [3.8, 4) is 22.5 Å². The van der Waals surface area contributed by atoms with E-state index in [0.717, 1.165) is 50.1 Å². The van der Waals surface area contributed by atoms with Crippen LogP contribution in [0.4, 0.5) is 11.5 Å². The number of nitrogens with one attached hydrogen (secondary N) is 1. The second kappa shape index (κ2) is 7.21. The Morgan fingerprint density at radius 1 is 1.10 bits per heavy atom. The highest BCUT2D eigenvalue weighted by Gasteiger charge is 2.28. The van der Waals surface area contributed by atoms with Gasteiger partial charge in [0.1, 0.15) is 5.82 Å². The second-order valence-corrected chi connectivity index (χ2v) is 8.30. The van der Waals surface area contributed by atoms with Gasteiger partial charge in [0, 0.05) is 46.6 Å². The van der Waals surface area contributed by atoms with Gasteiger partial charge < -0.3 is 5.32 Å². The number of hydrogen-bond acceptors (Lipinski definition) is 6. The number of thiazole rings is 1. The summed E-state index contributed by atoms with van der Waals surface area (Å²) in [6.45, 7) is 9.64. The van der Waals surface area contributed by atoms with Crippen LogP contribution < -0.4 is 5.32 Å². The highest BCUT2D eigenvalue weighted by atomic mass is 32.1. The fraction of sp³-hybridized carbons (Fsp3) is 0.273. The fourth-order valence-electron chi connectivity index (χ4n) is 4.11. The molecule has 4 aromatic rings. The zero-order valence-electron chi connectivity index (χ0n) is 17.8. The van der Waals surface area contributed by atoms with Crippen LogP contribution in [0.25, 0.3) is 27.5 Å². The van der Waals surface area contributed by atoms with Crippen LogP contribution in [-0.2, 0) is 0 Å². The molecule has 30 heavy (non-hydrogen) atoms. The predicted octanol–water partition coefficient (Wildman–Crippen LogP) is 5.62. The van der Waals surface area contributed by atoms with Crippen LogP contribution in [0.1, 0.15) is 27.9 Å². The summed E-state index contributed by atoms with van der Waals surface area (Å²) in [6.07, 6.45) is 1.76. The van der Waals surface area contributed by atoms with E-state index >= 15 is 0 Å². The molecule has 0 aliphatic heterocycles. The van der Waals surface area contributed by atoms with E-state index in [4.69, 9.17) is 4.98 Å². The molecule has 0 unspecified atom stereocenters. The van der Waals surface area contributed by atoms with Crippen molar-refractivity contribution in [2.24, 2.45) is 0 Å². The van der Waals surface area contributed by atoms with E-state index < -0.39 is 0 Å². The molecule has 0 amide bonds. The van der Waals surface area contributed by atoms with E-state index in [1.807, 2.05) is 53.8 Å². The topological polar surface area (TPSA) is 85.4 Å². The largest absolute Gasteiger partial charge is 0.373 e. The van der Waals surface area contributed by atoms with E-state index in [2.05, 4.69) is 20.1 Å². The Morgan fingerprint density at radius 3 is 2.50 bits per heavy atom. The summed E-state index contributed by atoms with van der Waals surface area (Å²) in [6, 6.07) is 3.93. The standard InChI is InChI=1S/C22H23N5O2S/c1-11-10-30-22-25-19(21(26(11)22)16-7-8-24-17(9-16)23-6)18-13(3)12(2)14(4)20(15(18)5)27(28)29/h7-10H,1-6H3,(H,23,24). The molecule has 0 saturated heterocycles. The maximum absolute atomic E-state index is 11.9. The first-order chi connectivity index (χ1) is 14.3. The summed E-state index contributed by atoms with van der Waals surface area (Å²) < 4.78 is 2.12. The van der Waals surface area contributed by atoms with E-state index in [1.165, 1.54) is 0 Å². The number of nitro benzene ring substituents is 1. The Kier molecular flexibility index (Phi) is 4.82. The van der Waals surface area contributed by atoms with E-state index in [0.29, 0.717) is 11.1 Å². The first-order valence-electron chi connectivity index (χ1n) is 9.62. The molecule has 8 heteroatoms. The summed E-state index contributed by atoms with van der Waals surface area (Å²) in [4.78, 5) is 21.7. The van der Waals surface area contributed by atoms with Gasteiger partial charge in [-0.2, -0.15) is 0 Å². The predicted molar refractivity (Wildman–Crippen MR) is 122 cm³/mol. The molecular formula is C22H23N5O2S. The molecule has 4 rings (SSSR count). The summed E-state index contributed by atoms with van der Waals surface area (Å²) in [5, 5.41) is 17.0. The first-order valence-corrected chi connectivity index (χ1v) is 10.5. The minimum Gasteiger partial charge on any atom is -0.373 e. The number of benzene rings is 1. The van der Waals surface area contributed by atoms with Gasteiger partial charge in [0.25, 0.3) is 5.69 Å². The lowest BCUT2D eigenvalue weighted by atomic mass is 9.89. The van der Waals surface area contributed by atoms with Gasteiger partial charge >= 0.3 is 0 Å². The van der Waals surface area contributed by atoms with Crippen LogP contribution in [0, 0.1) is 44.7 Å². The Bertz CT molecular complexity index is 1320. The number of imidazole rings is 1. The Hall–Kier alpha value is -3.26. The molecule has 154 valence electrons.